The van der Waals surface area contributed by atoms with Crippen LogP contribution in [0.1, 0.15) is 17.3 Å². The second-order valence-corrected chi connectivity index (χ2v) is 6.09. The molecule has 24 heavy (non-hydrogen) atoms. The van der Waals surface area contributed by atoms with Crippen LogP contribution in [-0.4, -0.2) is 84.0 Å². The predicted octanol–water partition coefficient (Wildman–Crippen LogP) is 0.0849. The van der Waals surface area contributed by atoms with Crippen LogP contribution in [-0.2, 0) is 0 Å². The van der Waals surface area contributed by atoms with Crippen molar-refractivity contribution in [3.63, 3.8) is 0 Å². The molecule has 1 aliphatic rings. The molecular formula is C17H27N3O4. The molecule has 7 heteroatoms. The van der Waals surface area contributed by atoms with Gasteiger partial charge in [-0.25, -0.2) is 4.98 Å². The monoisotopic (exact) mass is 337 g/mol. The van der Waals surface area contributed by atoms with Crippen LogP contribution in [0.2, 0.25) is 0 Å². The van der Waals surface area contributed by atoms with Gasteiger partial charge in [0.2, 0.25) is 5.88 Å². The molecule has 1 fully saturated rings. The Morgan fingerprint density at radius 3 is 2.79 bits per heavy atom. The fraction of sp³-hybridized carbons (Fsp3) is 0.647. The van der Waals surface area contributed by atoms with Crippen LogP contribution in [0, 0.1) is 11.8 Å². The summed E-state index contributed by atoms with van der Waals surface area (Å²) < 4.78 is 5.18. The smallest absolute Gasteiger partial charge is 0.259 e. The van der Waals surface area contributed by atoms with E-state index in [-0.39, 0.29) is 31.0 Å². The Morgan fingerprint density at radius 1 is 1.42 bits per heavy atom. The maximum absolute atomic E-state index is 12.8. The van der Waals surface area contributed by atoms with Crippen LogP contribution in [0.5, 0.6) is 5.88 Å². The normalized spacial score (nSPS) is 20.6. The fourth-order valence-corrected chi connectivity index (χ4v) is 3.26. The number of carbonyl (C=O) groups is 1. The molecule has 0 spiro atoms. The largest absolute Gasteiger partial charge is 0.480 e. The van der Waals surface area contributed by atoms with Crippen LogP contribution >= 0.6 is 0 Å². The number of hydrogen-bond acceptors (Lipinski definition) is 6. The van der Waals surface area contributed by atoms with E-state index in [9.17, 15) is 9.90 Å². The standard InChI is InChI=1S/C17H27N3O4/c1-3-19(7-8-21)9-13-10-20(11-14(13)12-22)17(23)15-5-4-6-18-16(15)24-2/h4-6,13-14,21-22H,3,7-12H2,1-2H3. The highest BCUT2D eigenvalue weighted by Gasteiger charge is 2.36. The van der Waals surface area contributed by atoms with Crippen LogP contribution < -0.4 is 4.74 Å². The zero-order valence-corrected chi connectivity index (χ0v) is 14.4. The van der Waals surface area contributed by atoms with Crippen molar-refractivity contribution in [3.05, 3.63) is 23.9 Å². The van der Waals surface area contributed by atoms with Crippen molar-refractivity contribution in [2.45, 2.75) is 6.92 Å². The van der Waals surface area contributed by atoms with E-state index in [1.165, 1.54) is 7.11 Å². The van der Waals surface area contributed by atoms with Crippen molar-refractivity contribution in [2.75, 3.05) is 53.0 Å². The number of amides is 1. The number of pyridine rings is 1. The molecule has 1 amide bonds. The number of hydrogen-bond donors (Lipinski definition) is 2. The van der Waals surface area contributed by atoms with Gasteiger partial charge in [0, 0.05) is 44.9 Å². The van der Waals surface area contributed by atoms with Gasteiger partial charge in [-0.15, -0.1) is 0 Å². The number of aromatic nitrogens is 1. The summed E-state index contributed by atoms with van der Waals surface area (Å²) in [6, 6.07) is 3.42. The third kappa shape index (κ3) is 4.23. The number of carbonyl (C=O) groups excluding carboxylic acids is 1. The Balaban J connectivity index is 2.08. The fourth-order valence-electron chi connectivity index (χ4n) is 3.26. The summed E-state index contributed by atoms with van der Waals surface area (Å²) in [5.74, 6) is 0.436. The summed E-state index contributed by atoms with van der Waals surface area (Å²) in [5, 5.41) is 18.8. The maximum atomic E-state index is 12.8. The van der Waals surface area contributed by atoms with E-state index in [4.69, 9.17) is 9.84 Å². The third-order valence-corrected chi connectivity index (χ3v) is 4.65. The minimum absolute atomic E-state index is 0.0457. The number of likely N-dealkylation sites (tertiary alicyclic amines) is 1. The molecule has 2 rings (SSSR count). The zero-order valence-electron chi connectivity index (χ0n) is 14.4. The third-order valence-electron chi connectivity index (χ3n) is 4.65. The molecule has 0 radical (unpaired) electrons. The van der Waals surface area contributed by atoms with Crippen LogP contribution in [0.15, 0.2) is 18.3 Å². The molecule has 134 valence electrons. The Morgan fingerprint density at radius 2 is 2.17 bits per heavy atom. The van der Waals surface area contributed by atoms with Gasteiger partial charge in [0.05, 0.1) is 13.7 Å². The van der Waals surface area contributed by atoms with Gasteiger partial charge in [-0.05, 0) is 24.6 Å². The Hall–Kier alpha value is -1.70. The highest BCUT2D eigenvalue weighted by Crippen LogP contribution is 2.27. The summed E-state index contributed by atoms with van der Waals surface area (Å²) in [7, 11) is 1.50. The molecular weight excluding hydrogens is 310 g/mol. The van der Waals surface area contributed by atoms with Crippen molar-refractivity contribution in [1.82, 2.24) is 14.8 Å². The number of ether oxygens (including phenoxy) is 1. The van der Waals surface area contributed by atoms with Gasteiger partial charge in [-0.1, -0.05) is 6.92 Å². The lowest BCUT2D eigenvalue weighted by Crippen LogP contribution is -2.36. The molecule has 1 aliphatic heterocycles. The first kappa shape index (κ1) is 18.6. The summed E-state index contributed by atoms with van der Waals surface area (Å²) in [4.78, 5) is 20.8. The summed E-state index contributed by atoms with van der Waals surface area (Å²) in [6.45, 7) is 5.52. The molecule has 0 saturated carbocycles. The van der Waals surface area contributed by atoms with E-state index in [1.54, 1.807) is 23.2 Å². The molecule has 7 nitrogen and oxygen atoms in total. The topological polar surface area (TPSA) is 86.1 Å². The summed E-state index contributed by atoms with van der Waals surface area (Å²) in [5.41, 5.74) is 0.444. The highest BCUT2D eigenvalue weighted by molar-refractivity contribution is 5.96. The first-order chi connectivity index (χ1) is 11.6. The van der Waals surface area contributed by atoms with Gasteiger partial charge in [-0.2, -0.15) is 0 Å². The molecule has 1 aromatic rings. The maximum Gasteiger partial charge on any atom is 0.259 e. The molecule has 0 aliphatic carbocycles. The Bertz CT molecular complexity index is 540. The van der Waals surface area contributed by atoms with Crippen molar-refractivity contribution >= 4 is 5.91 Å². The van der Waals surface area contributed by atoms with E-state index < -0.39 is 0 Å². The lowest BCUT2D eigenvalue weighted by Gasteiger charge is -2.25. The van der Waals surface area contributed by atoms with E-state index in [0.29, 0.717) is 31.1 Å². The SMILES string of the molecule is CCN(CCO)CC1CN(C(=O)c2cccnc2OC)CC1CO. The molecule has 1 aromatic heterocycles. The van der Waals surface area contributed by atoms with Crippen molar-refractivity contribution < 1.29 is 19.7 Å². The molecule has 2 N–H and O–H groups in total. The second-order valence-electron chi connectivity index (χ2n) is 6.09. The Kier molecular flexibility index (Phi) is 6.96. The Labute approximate surface area is 142 Å². The average Bonchev–Trinajstić information content (AvgIpc) is 3.03. The van der Waals surface area contributed by atoms with E-state index in [1.807, 2.05) is 6.92 Å². The number of aliphatic hydroxyl groups excluding tert-OH is 2. The van der Waals surface area contributed by atoms with Crippen LogP contribution in [0.3, 0.4) is 0 Å². The van der Waals surface area contributed by atoms with Crippen molar-refractivity contribution in [1.29, 1.82) is 0 Å². The summed E-state index contributed by atoms with van der Waals surface area (Å²) in [6.07, 6.45) is 1.59. The zero-order chi connectivity index (χ0) is 17.5. The first-order valence-electron chi connectivity index (χ1n) is 8.36. The summed E-state index contributed by atoms with van der Waals surface area (Å²) >= 11 is 0. The van der Waals surface area contributed by atoms with E-state index in [0.717, 1.165) is 13.1 Å². The number of methoxy groups -OCH3 is 1. The minimum atomic E-state index is -0.119. The van der Waals surface area contributed by atoms with Crippen molar-refractivity contribution in [3.8, 4) is 5.88 Å². The minimum Gasteiger partial charge on any atom is -0.480 e. The van der Waals surface area contributed by atoms with Gasteiger partial charge in [0.25, 0.3) is 5.91 Å². The number of rotatable bonds is 8. The van der Waals surface area contributed by atoms with E-state index >= 15 is 0 Å². The van der Waals surface area contributed by atoms with E-state index in [2.05, 4.69) is 9.88 Å². The second kappa shape index (κ2) is 8.96. The molecule has 2 unspecified atom stereocenters. The van der Waals surface area contributed by atoms with Crippen molar-refractivity contribution in [2.24, 2.45) is 11.8 Å². The molecule has 0 aromatic carbocycles. The lowest BCUT2D eigenvalue weighted by atomic mass is 9.96. The van der Waals surface area contributed by atoms with Crippen LogP contribution in [0.25, 0.3) is 0 Å². The number of nitrogens with zero attached hydrogens (tertiary/aromatic N) is 3. The van der Waals surface area contributed by atoms with Gasteiger partial charge in [-0.3, -0.25) is 4.79 Å². The molecule has 0 bridgehead atoms. The number of likely N-dealkylation sites (N-methyl/N-ethyl adjacent to an activating group) is 1. The van der Waals surface area contributed by atoms with Gasteiger partial charge >= 0.3 is 0 Å². The van der Waals surface area contributed by atoms with Gasteiger partial charge in [0.15, 0.2) is 0 Å². The lowest BCUT2D eigenvalue weighted by molar-refractivity contribution is 0.0774. The molecule has 1 saturated heterocycles. The van der Waals surface area contributed by atoms with Gasteiger partial charge in [0.1, 0.15) is 5.56 Å². The highest BCUT2D eigenvalue weighted by atomic mass is 16.5. The quantitative estimate of drug-likeness (QED) is 0.699. The number of aliphatic hydroxyl groups is 2. The predicted molar refractivity (Wildman–Crippen MR) is 90.0 cm³/mol. The van der Waals surface area contributed by atoms with Gasteiger partial charge < -0.3 is 24.7 Å². The van der Waals surface area contributed by atoms with Crippen LogP contribution in [0.4, 0.5) is 0 Å². The molecule has 2 atom stereocenters. The average molecular weight is 337 g/mol. The molecule has 2 heterocycles. The first-order valence-corrected chi connectivity index (χ1v) is 8.36.